The molecule has 6 heteroatoms. The van der Waals surface area contributed by atoms with Crippen LogP contribution in [0.5, 0.6) is 0 Å². The van der Waals surface area contributed by atoms with E-state index in [2.05, 4.69) is 0 Å². The molecule has 0 atom stereocenters. The Morgan fingerprint density at radius 3 is 2.47 bits per heavy atom. The summed E-state index contributed by atoms with van der Waals surface area (Å²) in [5, 5.41) is 5.27. The summed E-state index contributed by atoms with van der Waals surface area (Å²) < 4.78 is 23.2. The average molecular weight is 300 g/mol. The molecule has 1 aromatic rings. The molecule has 0 spiro atoms. The zero-order valence-electron chi connectivity index (χ0n) is 11.1. The number of hydrogen-bond donors (Lipinski definition) is 2. The SMILES string of the molecule is CSc1c(CC2(N)CCCC2)cccc1S(N)(=O)=O. The van der Waals surface area contributed by atoms with Crippen LogP contribution in [-0.4, -0.2) is 20.2 Å². The van der Waals surface area contributed by atoms with E-state index in [0.717, 1.165) is 36.1 Å². The number of sulfonamides is 1. The molecule has 1 aromatic carbocycles. The molecule has 0 amide bonds. The van der Waals surface area contributed by atoms with Crippen LogP contribution in [0.1, 0.15) is 31.2 Å². The number of nitrogens with two attached hydrogens (primary N) is 2. The van der Waals surface area contributed by atoms with Crippen LogP contribution in [0.3, 0.4) is 0 Å². The molecule has 4 N–H and O–H groups in total. The van der Waals surface area contributed by atoms with E-state index in [4.69, 9.17) is 10.9 Å². The Morgan fingerprint density at radius 2 is 1.95 bits per heavy atom. The lowest BCUT2D eigenvalue weighted by Gasteiger charge is -2.25. The number of thioether (sulfide) groups is 1. The third-order valence-electron chi connectivity index (χ3n) is 3.71. The number of benzene rings is 1. The largest absolute Gasteiger partial charge is 0.325 e. The van der Waals surface area contributed by atoms with Crippen molar-refractivity contribution in [2.75, 3.05) is 6.26 Å². The first kappa shape index (κ1) is 14.8. The van der Waals surface area contributed by atoms with Gasteiger partial charge in [-0.1, -0.05) is 25.0 Å². The highest BCUT2D eigenvalue weighted by Gasteiger charge is 2.31. The van der Waals surface area contributed by atoms with E-state index in [1.807, 2.05) is 12.3 Å². The van der Waals surface area contributed by atoms with Gasteiger partial charge in [-0.25, -0.2) is 13.6 Å². The summed E-state index contributed by atoms with van der Waals surface area (Å²) in [7, 11) is -3.68. The van der Waals surface area contributed by atoms with Gasteiger partial charge in [0.05, 0.1) is 4.90 Å². The number of primary sulfonamides is 1. The zero-order chi connectivity index (χ0) is 14.1. The maximum atomic E-state index is 11.6. The summed E-state index contributed by atoms with van der Waals surface area (Å²) in [6.45, 7) is 0. The average Bonchev–Trinajstić information content (AvgIpc) is 2.74. The topological polar surface area (TPSA) is 86.2 Å². The fraction of sp³-hybridized carbons (Fsp3) is 0.538. The maximum absolute atomic E-state index is 11.6. The molecule has 1 aliphatic carbocycles. The molecule has 0 unspecified atom stereocenters. The number of hydrogen-bond acceptors (Lipinski definition) is 4. The monoisotopic (exact) mass is 300 g/mol. The van der Waals surface area contributed by atoms with Gasteiger partial charge in [0.1, 0.15) is 0 Å². The van der Waals surface area contributed by atoms with Crippen molar-refractivity contribution in [3.63, 3.8) is 0 Å². The molecular formula is C13H20N2O2S2. The van der Waals surface area contributed by atoms with Crippen molar-refractivity contribution in [2.24, 2.45) is 10.9 Å². The van der Waals surface area contributed by atoms with Crippen molar-refractivity contribution in [1.82, 2.24) is 0 Å². The lowest BCUT2D eigenvalue weighted by Crippen LogP contribution is -2.39. The van der Waals surface area contributed by atoms with E-state index < -0.39 is 10.0 Å². The fourth-order valence-electron chi connectivity index (χ4n) is 2.79. The third kappa shape index (κ3) is 3.31. The van der Waals surface area contributed by atoms with E-state index in [-0.39, 0.29) is 10.4 Å². The quantitative estimate of drug-likeness (QED) is 0.831. The first-order chi connectivity index (χ1) is 8.86. The van der Waals surface area contributed by atoms with Crippen LogP contribution in [0.4, 0.5) is 0 Å². The van der Waals surface area contributed by atoms with Crippen LogP contribution >= 0.6 is 11.8 Å². The zero-order valence-corrected chi connectivity index (χ0v) is 12.7. The van der Waals surface area contributed by atoms with Gasteiger partial charge < -0.3 is 5.73 Å². The Kier molecular flexibility index (Phi) is 4.25. The molecule has 1 fully saturated rings. The van der Waals surface area contributed by atoms with Crippen LogP contribution in [-0.2, 0) is 16.4 Å². The summed E-state index contributed by atoms with van der Waals surface area (Å²) in [6, 6.07) is 5.25. The molecule has 0 aliphatic heterocycles. The molecule has 0 radical (unpaired) electrons. The van der Waals surface area contributed by atoms with Gasteiger partial charge in [-0.05, 0) is 37.1 Å². The molecule has 1 aliphatic rings. The lowest BCUT2D eigenvalue weighted by atomic mass is 9.90. The fourth-order valence-corrected chi connectivity index (χ4v) is 4.72. The molecule has 0 saturated heterocycles. The van der Waals surface area contributed by atoms with E-state index in [0.29, 0.717) is 6.42 Å². The van der Waals surface area contributed by atoms with Gasteiger partial charge in [0.25, 0.3) is 0 Å². The molecule has 0 bridgehead atoms. The Hall–Kier alpha value is -0.560. The van der Waals surface area contributed by atoms with Crippen molar-refractivity contribution in [3.8, 4) is 0 Å². The summed E-state index contributed by atoms with van der Waals surface area (Å²) in [4.78, 5) is 0.945. The minimum Gasteiger partial charge on any atom is -0.325 e. The van der Waals surface area contributed by atoms with Crippen molar-refractivity contribution in [3.05, 3.63) is 23.8 Å². The Labute approximate surface area is 119 Å². The Bertz CT molecular complexity index is 564. The van der Waals surface area contributed by atoms with Gasteiger partial charge in [0, 0.05) is 10.4 Å². The molecule has 4 nitrogen and oxygen atoms in total. The van der Waals surface area contributed by atoms with Crippen molar-refractivity contribution < 1.29 is 8.42 Å². The minimum atomic E-state index is -3.68. The van der Waals surface area contributed by atoms with Gasteiger partial charge in [-0.2, -0.15) is 0 Å². The predicted octanol–water partition coefficient (Wildman–Crippen LogP) is 1.87. The van der Waals surface area contributed by atoms with Crippen LogP contribution in [0.15, 0.2) is 28.0 Å². The van der Waals surface area contributed by atoms with E-state index in [1.165, 1.54) is 11.8 Å². The van der Waals surface area contributed by atoms with Gasteiger partial charge in [-0.15, -0.1) is 11.8 Å². The second-order valence-corrected chi connectivity index (χ2v) is 7.59. The third-order valence-corrected chi connectivity index (χ3v) is 5.69. The standard InChI is InChI=1S/C13H20N2O2S2/c1-18-12-10(9-13(14)7-2-3-8-13)5-4-6-11(12)19(15,16)17/h4-6H,2-3,7-9,14H2,1H3,(H2,15,16,17). The van der Waals surface area contributed by atoms with Crippen molar-refractivity contribution >= 4 is 21.8 Å². The molecule has 19 heavy (non-hydrogen) atoms. The first-order valence-electron chi connectivity index (χ1n) is 6.33. The molecule has 0 heterocycles. The molecule has 0 aromatic heterocycles. The second kappa shape index (κ2) is 5.44. The number of rotatable bonds is 4. The Morgan fingerprint density at radius 1 is 1.32 bits per heavy atom. The highest BCUT2D eigenvalue weighted by Crippen LogP contribution is 2.35. The summed E-state index contributed by atoms with van der Waals surface area (Å²) >= 11 is 1.42. The van der Waals surface area contributed by atoms with E-state index >= 15 is 0 Å². The van der Waals surface area contributed by atoms with Crippen LogP contribution in [0.2, 0.25) is 0 Å². The van der Waals surface area contributed by atoms with Gasteiger partial charge in [-0.3, -0.25) is 0 Å². The van der Waals surface area contributed by atoms with E-state index in [1.54, 1.807) is 12.1 Å². The van der Waals surface area contributed by atoms with Crippen LogP contribution in [0.25, 0.3) is 0 Å². The second-order valence-electron chi connectivity index (χ2n) is 5.24. The minimum absolute atomic E-state index is 0.193. The Balaban J connectivity index is 2.41. The molecule has 1 saturated carbocycles. The molecule has 2 rings (SSSR count). The van der Waals surface area contributed by atoms with Crippen LogP contribution < -0.4 is 10.9 Å². The molecule has 106 valence electrons. The van der Waals surface area contributed by atoms with Crippen molar-refractivity contribution in [2.45, 2.75) is 47.4 Å². The van der Waals surface area contributed by atoms with E-state index in [9.17, 15) is 8.42 Å². The highest BCUT2D eigenvalue weighted by atomic mass is 32.2. The van der Waals surface area contributed by atoms with Crippen molar-refractivity contribution in [1.29, 1.82) is 0 Å². The smallest absolute Gasteiger partial charge is 0.239 e. The van der Waals surface area contributed by atoms with Gasteiger partial charge in [0.2, 0.25) is 10.0 Å². The lowest BCUT2D eigenvalue weighted by molar-refractivity contribution is 0.433. The summed E-state index contributed by atoms with van der Waals surface area (Å²) in [6.07, 6.45) is 6.89. The maximum Gasteiger partial charge on any atom is 0.239 e. The van der Waals surface area contributed by atoms with Gasteiger partial charge >= 0.3 is 0 Å². The van der Waals surface area contributed by atoms with Gasteiger partial charge in [0.15, 0.2) is 0 Å². The predicted molar refractivity (Wildman–Crippen MR) is 78.7 cm³/mol. The highest BCUT2D eigenvalue weighted by molar-refractivity contribution is 7.99. The molecular weight excluding hydrogens is 280 g/mol. The first-order valence-corrected chi connectivity index (χ1v) is 9.10. The van der Waals surface area contributed by atoms with Crippen LogP contribution in [0, 0.1) is 0 Å². The summed E-state index contributed by atoms with van der Waals surface area (Å²) in [5.41, 5.74) is 7.18. The normalized spacial score (nSPS) is 18.7. The summed E-state index contributed by atoms with van der Waals surface area (Å²) in [5.74, 6) is 0.